The quantitative estimate of drug-likeness (QED) is 0.463. The van der Waals surface area contributed by atoms with Crippen LogP contribution >= 0.6 is 0 Å². The lowest BCUT2D eigenvalue weighted by Crippen LogP contribution is -2.26. The van der Waals surface area contributed by atoms with E-state index in [0.717, 1.165) is 16.8 Å². The molecule has 0 fully saturated rings. The van der Waals surface area contributed by atoms with E-state index in [-0.39, 0.29) is 12.5 Å². The summed E-state index contributed by atoms with van der Waals surface area (Å²) in [7, 11) is 1.84. The highest BCUT2D eigenvalue weighted by Gasteiger charge is 2.15. The van der Waals surface area contributed by atoms with E-state index in [4.69, 9.17) is 4.74 Å². The standard InChI is InChI=1S/C22H23N7O3/c1-15(30)26-20-21-24-11-19(17-10-25-28(2)12-17)29(21)13-18(27-20)8-9-23-22(31)32-14-16-6-4-3-5-7-16/h3-7,10-13H,8-9,14H2,1-2H3,(H,23,31)(H,26,27,30). The van der Waals surface area contributed by atoms with Gasteiger partial charge >= 0.3 is 6.09 Å². The van der Waals surface area contributed by atoms with Crippen molar-refractivity contribution in [2.45, 2.75) is 20.0 Å². The third-order valence-corrected chi connectivity index (χ3v) is 4.70. The average molecular weight is 433 g/mol. The first-order valence-corrected chi connectivity index (χ1v) is 10.1. The molecule has 10 heteroatoms. The van der Waals surface area contributed by atoms with Crippen LogP contribution in [0.15, 0.2) is 55.1 Å². The Morgan fingerprint density at radius 2 is 1.94 bits per heavy atom. The zero-order valence-electron chi connectivity index (χ0n) is 17.8. The summed E-state index contributed by atoms with van der Waals surface area (Å²) < 4.78 is 8.79. The summed E-state index contributed by atoms with van der Waals surface area (Å²) in [6.45, 7) is 1.94. The van der Waals surface area contributed by atoms with Crippen LogP contribution in [-0.2, 0) is 29.6 Å². The molecule has 1 aromatic carbocycles. The van der Waals surface area contributed by atoms with E-state index in [2.05, 4.69) is 25.7 Å². The molecule has 0 bridgehead atoms. The minimum atomic E-state index is -0.504. The molecule has 32 heavy (non-hydrogen) atoms. The van der Waals surface area contributed by atoms with Crippen LogP contribution in [0.1, 0.15) is 18.2 Å². The number of imidazole rings is 1. The van der Waals surface area contributed by atoms with Crippen molar-refractivity contribution >= 4 is 23.5 Å². The van der Waals surface area contributed by atoms with E-state index < -0.39 is 6.09 Å². The molecule has 4 rings (SSSR count). The van der Waals surface area contributed by atoms with E-state index in [0.29, 0.717) is 30.1 Å². The van der Waals surface area contributed by atoms with Crippen LogP contribution in [0.3, 0.4) is 0 Å². The van der Waals surface area contributed by atoms with Gasteiger partial charge in [-0.3, -0.25) is 13.9 Å². The Bertz CT molecular complexity index is 1250. The number of rotatable bonds is 7. The number of carbonyl (C=O) groups is 2. The molecule has 0 saturated heterocycles. The Morgan fingerprint density at radius 3 is 2.66 bits per heavy atom. The number of hydrogen-bond donors (Lipinski definition) is 2. The van der Waals surface area contributed by atoms with Gasteiger partial charge in [0.15, 0.2) is 11.5 Å². The van der Waals surface area contributed by atoms with Crippen molar-refractivity contribution in [3.05, 3.63) is 66.4 Å². The molecule has 3 heterocycles. The molecule has 2 amide bonds. The van der Waals surface area contributed by atoms with Crippen molar-refractivity contribution < 1.29 is 14.3 Å². The van der Waals surface area contributed by atoms with Crippen LogP contribution in [0.2, 0.25) is 0 Å². The lowest BCUT2D eigenvalue weighted by atomic mass is 10.2. The molecule has 0 saturated carbocycles. The lowest BCUT2D eigenvalue weighted by Gasteiger charge is -2.10. The molecule has 0 unspecified atom stereocenters. The highest BCUT2D eigenvalue weighted by molar-refractivity contribution is 5.91. The topological polar surface area (TPSA) is 115 Å². The van der Waals surface area contributed by atoms with Crippen LogP contribution in [0, 0.1) is 0 Å². The maximum Gasteiger partial charge on any atom is 0.407 e. The van der Waals surface area contributed by atoms with Crippen molar-refractivity contribution in [1.29, 1.82) is 0 Å². The van der Waals surface area contributed by atoms with Gasteiger partial charge in [-0.25, -0.2) is 14.8 Å². The van der Waals surface area contributed by atoms with Gasteiger partial charge in [0, 0.05) is 44.9 Å². The summed E-state index contributed by atoms with van der Waals surface area (Å²) in [6, 6.07) is 9.46. The SMILES string of the molecule is CC(=O)Nc1nc(CCNC(=O)OCc2ccccc2)cn2c(-c3cnn(C)c3)cnc12. The van der Waals surface area contributed by atoms with Crippen molar-refractivity contribution in [2.24, 2.45) is 7.05 Å². The molecule has 4 aromatic rings. The first-order chi connectivity index (χ1) is 15.5. The van der Waals surface area contributed by atoms with Gasteiger partial charge in [-0.2, -0.15) is 5.10 Å². The highest BCUT2D eigenvalue weighted by Crippen LogP contribution is 2.24. The number of aryl methyl sites for hydroxylation is 1. The van der Waals surface area contributed by atoms with Gasteiger partial charge in [0.2, 0.25) is 5.91 Å². The number of ether oxygens (including phenoxy) is 1. The van der Waals surface area contributed by atoms with Gasteiger partial charge < -0.3 is 15.4 Å². The van der Waals surface area contributed by atoms with Crippen LogP contribution < -0.4 is 10.6 Å². The summed E-state index contributed by atoms with van der Waals surface area (Å²) in [4.78, 5) is 32.6. The van der Waals surface area contributed by atoms with E-state index in [9.17, 15) is 9.59 Å². The maximum atomic E-state index is 12.0. The summed E-state index contributed by atoms with van der Waals surface area (Å²) in [5.41, 5.74) is 3.82. The Balaban J connectivity index is 1.47. The summed E-state index contributed by atoms with van der Waals surface area (Å²) in [5, 5.41) is 9.67. The minimum Gasteiger partial charge on any atom is -0.445 e. The predicted octanol–water partition coefficient (Wildman–Crippen LogP) is 2.56. The van der Waals surface area contributed by atoms with Crippen LogP contribution in [-0.4, -0.2) is 42.7 Å². The molecular formula is C22H23N7O3. The van der Waals surface area contributed by atoms with Crippen molar-refractivity contribution in [1.82, 2.24) is 29.5 Å². The molecule has 2 N–H and O–H groups in total. The van der Waals surface area contributed by atoms with E-state index >= 15 is 0 Å². The number of aromatic nitrogens is 5. The Morgan fingerprint density at radius 1 is 1.12 bits per heavy atom. The number of anilines is 1. The number of fused-ring (bicyclic) bond motifs is 1. The largest absolute Gasteiger partial charge is 0.445 e. The minimum absolute atomic E-state index is 0.201. The molecule has 0 aliphatic heterocycles. The Kier molecular flexibility index (Phi) is 6.11. The lowest BCUT2D eigenvalue weighted by molar-refractivity contribution is -0.114. The zero-order valence-corrected chi connectivity index (χ0v) is 17.8. The fraction of sp³-hybridized carbons (Fsp3) is 0.227. The summed E-state index contributed by atoms with van der Waals surface area (Å²) >= 11 is 0. The number of carbonyl (C=O) groups excluding carboxylic acids is 2. The predicted molar refractivity (Wildman–Crippen MR) is 118 cm³/mol. The first-order valence-electron chi connectivity index (χ1n) is 10.1. The van der Waals surface area contributed by atoms with Gasteiger partial charge in [-0.05, 0) is 5.56 Å². The van der Waals surface area contributed by atoms with Gasteiger partial charge in [-0.1, -0.05) is 30.3 Å². The van der Waals surface area contributed by atoms with E-state index in [1.807, 2.05) is 54.2 Å². The molecule has 0 atom stereocenters. The first kappa shape index (κ1) is 21.0. The Hall–Kier alpha value is -4.21. The van der Waals surface area contributed by atoms with Crippen molar-refractivity contribution in [2.75, 3.05) is 11.9 Å². The third kappa shape index (κ3) is 4.91. The van der Waals surface area contributed by atoms with Gasteiger partial charge in [-0.15, -0.1) is 0 Å². The van der Waals surface area contributed by atoms with Crippen molar-refractivity contribution in [3.63, 3.8) is 0 Å². The maximum absolute atomic E-state index is 12.0. The average Bonchev–Trinajstić information content (AvgIpc) is 3.39. The fourth-order valence-electron chi connectivity index (χ4n) is 3.24. The molecular weight excluding hydrogens is 410 g/mol. The summed E-state index contributed by atoms with van der Waals surface area (Å²) in [6.07, 6.45) is 7.11. The van der Waals surface area contributed by atoms with Gasteiger partial charge in [0.1, 0.15) is 6.61 Å². The normalized spacial score (nSPS) is 10.8. The molecule has 0 spiro atoms. The van der Waals surface area contributed by atoms with Gasteiger partial charge in [0.05, 0.1) is 23.8 Å². The highest BCUT2D eigenvalue weighted by atomic mass is 16.5. The molecule has 164 valence electrons. The van der Waals surface area contributed by atoms with Crippen LogP contribution in [0.4, 0.5) is 10.6 Å². The molecule has 0 aliphatic rings. The Labute approximate surface area is 184 Å². The number of alkyl carbamates (subject to hydrolysis) is 1. The number of nitrogens with zero attached hydrogens (tertiary/aromatic N) is 5. The second-order valence-electron chi connectivity index (χ2n) is 7.24. The number of amides is 2. The number of benzene rings is 1. The van der Waals surface area contributed by atoms with Crippen LogP contribution in [0.5, 0.6) is 0 Å². The molecule has 0 aliphatic carbocycles. The number of nitrogens with one attached hydrogen (secondary N) is 2. The fourth-order valence-corrected chi connectivity index (χ4v) is 3.24. The second kappa shape index (κ2) is 9.29. The smallest absolute Gasteiger partial charge is 0.407 e. The number of hydrogen-bond acceptors (Lipinski definition) is 6. The monoisotopic (exact) mass is 433 g/mol. The van der Waals surface area contributed by atoms with E-state index in [1.54, 1.807) is 17.1 Å². The van der Waals surface area contributed by atoms with Crippen molar-refractivity contribution in [3.8, 4) is 11.3 Å². The molecule has 3 aromatic heterocycles. The van der Waals surface area contributed by atoms with Crippen LogP contribution in [0.25, 0.3) is 16.9 Å². The zero-order chi connectivity index (χ0) is 22.5. The van der Waals surface area contributed by atoms with E-state index in [1.165, 1.54) is 6.92 Å². The van der Waals surface area contributed by atoms with Gasteiger partial charge in [0.25, 0.3) is 0 Å². The molecule has 10 nitrogen and oxygen atoms in total. The summed E-state index contributed by atoms with van der Waals surface area (Å²) in [5.74, 6) is 0.113. The third-order valence-electron chi connectivity index (χ3n) is 4.70. The second-order valence-corrected chi connectivity index (χ2v) is 7.24. The molecule has 0 radical (unpaired) electrons.